The molecule has 1 heterocycles. The van der Waals surface area contributed by atoms with Crippen molar-refractivity contribution >= 4 is 21.9 Å². The summed E-state index contributed by atoms with van der Waals surface area (Å²) in [5.41, 5.74) is -0.925. The van der Waals surface area contributed by atoms with Crippen LogP contribution in [0.1, 0.15) is 26.0 Å². The van der Waals surface area contributed by atoms with Crippen LogP contribution in [0.25, 0.3) is 0 Å². The van der Waals surface area contributed by atoms with Crippen LogP contribution < -0.4 is 0 Å². The quantitative estimate of drug-likeness (QED) is 0.893. The second kappa shape index (κ2) is 3.54. The molecule has 1 rings (SSSR count). The van der Waals surface area contributed by atoms with Gasteiger partial charge in [-0.25, -0.2) is 0 Å². The summed E-state index contributed by atoms with van der Waals surface area (Å²) in [6.07, 6.45) is 0.502. The smallest absolute Gasteiger partial charge is 0.317 e. The van der Waals surface area contributed by atoms with Gasteiger partial charge in [0.05, 0.1) is 0 Å². The van der Waals surface area contributed by atoms with Gasteiger partial charge in [-0.2, -0.15) is 0 Å². The molecule has 3 nitrogen and oxygen atoms in total. The first kappa shape index (κ1) is 10.3. The van der Waals surface area contributed by atoms with Crippen LogP contribution in [0.4, 0.5) is 0 Å². The first-order valence-electron chi connectivity index (χ1n) is 4.00. The fourth-order valence-corrected chi connectivity index (χ4v) is 1.35. The zero-order valence-corrected chi connectivity index (χ0v) is 9.09. The van der Waals surface area contributed by atoms with E-state index >= 15 is 0 Å². The van der Waals surface area contributed by atoms with Crippen molar-refractivity contribution in [3.8, 4) is 0 Å². The van der Waals surface area contributed by atoms with Gasteiger partial charge in [0, 0.05) is 0 Å². The predicted octanol–water partition coefficient (Wildman–Crippen LogP) is 2.79. The maximum atomic E-state index is 11.0. The van der Waals surface area contributed by atoms with Crippen molar-refractivity contribution in [2.75, 3.05) is 0 Å². The molecular formula is C9H11BrO3. The SMILES string of the molecule is CCC(C)(C(=O)O)c1ccc(Br)o1. The monoisotopic (exact) mass is 246 g/mol. The first-order chi connectivity index (χ1) is 6.00. The van der Waals surface area contributed by atoms with Gasteiger partial charge in [-0.05, 0) is 41.4 Å². The Kier molecular flexibility index (Phi) is 2.81. The zero-order chi connectivity index (χ0) is 10.1. The minimum atomic E-state index is -0.925. The molecule has 0 aliphatic heterocycles. The number of halogens is 1. The van der Waals surface area contributed by atoms with E-state index in [1.54, 1.807) is 19.1 Å². The van der Waals surface area contributed by atoms with Crippen LogP contribution in [0.2, 0.25) is 0 Å². The highest BCUT2D eigenvalue weighted by Gasteiger charge is 2.36. The molecule has 1 N–H and O–H groups in total. The summed E-state index contributed by atoms with van der Waals surface area (Å²) in [6, 6.07) is 3.38. The second-order valence-electron chi connectivity index (χ2n) is 3.09. The van der Waals surface area contributed by atoms with E-state index in [9.17, 15) is 4.79 Å². The summed E-state index contributed by atoms with van der Waals surface area (Å²) in [5.74, 6) is -0.383. The second-order valence-corrected chi connectivity index (χ2v) is 3.88. The van der Waals surface area contributed by atoms with E-state index in [4.69, 9.17) is 9.52 Å². The van der Waals surface area contributed by atoms with Crippen molar-refractivity contribution in [3.63, 3.8) is 0 Å². The molecular weight excluding hydrogens is 236 g/mol. The standard InChI is InChI=1S/C9H11BrO3/c1-3-9(2,8(11)12)6-4-5-7(10)13-6/h4-5H,3H2,1-2H3,(H,11,12). The minimum Gasteiger partial charge on any atom is -0.480 e. The molecule has 0 aliphatic rings. The maximum Gasteiger partial charge on any atom is 0.317 e. The molecule has 0 amide bonds. The summed E-state index contributed by atoms with van der Waals surface area (Å²) in [4.78, 5) is 11.0. The third kappa shape index (κ3) is 1.77. The van der Waals surface area contributed by atoms with E-state index in [1.165, 1.54) is 0 Å². The highest BCUT2D eigenvalue weighted by atomic mass is 79.9. The Morgan fingerprint density at radius 1 is 1.69 bits per heavy atom. The van der Waals surface area contributed by atoms with Crippen LogP contribution in [0, 0.1) is 0 Å². The number of rotatable bonds is 3. The predicted molar refractivity (Wildman–Crippen MR) is 51.7 cm³/mol. The van der Waals surface area contributed by atoms with Crippen molar-refractivity contribution in [3.05, 3.63) is 22.6 Å². The number of carboxylic acid groups (broad SMARTS) is 1. The largest absolute Gasteiger partial charge is 0.480 e. The normalized spacial score (nSPS) is 15.3. The lowest BCUT2D eigenvalue weighted by molar-refractivity contribution is -0.144. The average molecular weight is 247 g/mol. The van der Waals surface area contributed by atoms with Crippen LogP contribution in [0.15, 0.2) is 21.2 Å². The van der Waals surface area contributed by atoms with Gasteiger partial charge in [0.25, 0.3) is 0 Å². The average Bonchev–Trinajstić information content (AvgIpc) is 2.50. The van der Waals surface area contributed by atoms with Crippen LogP contribution in [-0.2, 0) is 10.2 Å². The van der Waals surface area contributed by atoms with Crippen LogP contribution in [0.5, 0.6) is 0 Å². The third-order valence-corrected chi connectivity index (χ3v) is 2.72. The Morgan fingerprint density at radius 2 is 2.31 bits per heavy atom. The van der Waals surface area contributed by atoms with Gasteiger partial charge >= 0.3 is 5.97 Å². The molecule has 0 saturated heterocycles. The molecule has 0 aromatic carbocycles. The number of hydrogen-bond acceptors (Lipinski definition) is 2. The highest BCUT2D eigenvalue weighted by Crippen LogP contribution is 2.30. The lowest BCUT2D eigenvalue weighted by atomic mass is 9.85. The van der Waals surface area contributed by atoms with E-state index in [2.05, 4.69) is 15.9 Å². The fourth-order valence-electron chi connectivity index (χ4n) is 1.04. The van der Waals surface area contributed by atoms with E-state index in [1.807, 2.05) is 6.92 Å². The Hall–Kier alpha value is -0.770. The van der Waals surface area contributed by atoms with Crippen molar-refractivity contribution in [2.24, 2.45) is 0 Å². The van der Waals surface area contributed by atoms with Crippen molar-refractivity contribution in [2.45, 2.75) is 25.7 Å². The third-order valence-electron chi connectivity index (χ3n) is 2.30. The molecule has 1 aromatic heterocycles. The van der Waals surface area contributed by atoms with Crippen LogP contribution in [0.3, 0.4) is 0 Å². The molecule has 0 fully saturated rings. The number of hydrogen-bond donors (Lipinski definition) is 1. The summed E-state index contributed by atoms with van der Waals surface area (Å²) in [7, 11) is 0. The summed E-state index contributed by atoms with van der Waals surface area (Å²) in [6.45, 7) is 3.48. The number of furan rings is 1. The molecule has 0 saturated carbocycles. The van der Waals surface area contributed by atoms with Crippen molar-refractivity contribution in [1.29, 1.82) is 0 Å². The maximum absolute atomic E-state index is 11.0. The molecule has 0 bridgehead atoms. The zero-order valence-electron chi connectivity index (χ0n) is 7.50. The first-order valence-corrected chi connectivity index (χ1v) is 4.79. The molecule has 1 aromatic rings. The Morgan fingerprint density at radius 3 is 2.62 bits per heavy atom. The molecule has 1 unspecified atom stereocenters. The van der Waals surface area contributed by atoms with Gasteiger partial charge in [0.15, 0.2) is 4.67 Å². The number of carbonyl (C=O) groups is 1. The number of aliphatic carboxylic acids is 1. The topological polar surface area (TPSA) is 50.4 Å². The van der Waals surface area contributed by atoms with E-state index in [-0.39, 0.29) is 0 Å². The van der Waals surface area contributed by atoms with Crippen molar-refractivity contribution in [1.82, 2.24) is 0 Å². The summed E-state index contributed by atoms with van der Waals surface area (Å²) >= 11 is 3.14. The molecule has 13 heavy (non-hydrogen) atoms. The van der Waals surface area contributed by atoms with E-state index in [0.717, 1.165) is 0 Å². The van der Waals surface area contributed by atoms with Crippen LogP contribution >= 0.6 is 15.9 Å². The molecule has 0 aliphatic carbocycles. The Bertz CT molecular complexity index is 318. The van der Waals surface area contributed by atoms with Gasteiger partial charge in [-0.1, -0.05) is 6.92 Å². The van der Waals surface area contributed by atoms with Gasteiger partial charge in [-0.3, -0.25) is 4.79 Å². The van der Waals surface area contributed by atoms with Gasteiger partial charge in [0.2, 0.25) is 0 Å². The van der Waals surface area contributed by atoms with E-state index in [0.29, 0.717) is 16.9 Å². The Labute approximate surface area is 84.9 Å². The molecule has 4 heteroatoms. The minimum absolute atomic E-state index is 0.481. The van der Waals surface area contributed by atoms with Crippen LogP contribution in [-0.4, -0.2) is 11.1 Å². The lowest BCUT2D eigenvalue weighted by Gasteiger charge is -2.19. The number of carboxylic acids is 1. The lowest BCUT2D eigenvalue weighted by Crippen LogP contribution is -2.30. The molecule has 1 atom stereocenters. The molecule has 0 radical (unpaired) electrons. The fraction of sp³-hybridized carbons (Fsp3) is 0.444. The van der Waals surface area contributed by atoms with E-state index < -0.39 is 11.4 Å². The summed E-state index contributed by atoms with van der Waals surface area (Å²) < 4.78 is 5.80. The Balaban J connectivity index is 3.09. The summed E-state index contributed by atoms with van der Waals surface area (Å²) in [5, 5.41) is 9.02. The van der Waals surface area contributed by atoms with Gasteiger partial charge < -0.3 is 9.52 Å². The molecule has 72 valence electrons. The molecule has 0 spiro atoms. The van der Waals surface area contributed by atoms with Gasteiger partial charge in [0.1, 0.15) is 11.2 Å². The highest BCUT2D eigenvalue weighted by molar-refractivity contribution is 9.10. The van der Waals surface area contributed by atoms with Crippen molar-refractivity contribution < 1.29 is 14.3 Å². The van der Waals surface area contributed by atoms with Gasteiger partial charge in [-0.15, -0.1) is 0 Å².